The third-order valence-corrected chi connectivity index (χ3v) is 3.91. The molecule has 1 aliphatic heterocycles. The fourth-order valence-corrected chi connectivity index (χ4v) is 2.76. The molecule has 1 aliphatic rings. The summed E-state index contributed by atoms with van der Waals surface area (Å²) in [6, 6.07) is 1.69. The molecule has 0 aliphatic carbocycles. The normalized spacial score (nSPS) is 14.0. The van der Waals surface area contributed by atoms with E-state index in [1.54, 1.807) is 24.0 Å². The van der Waals surface area contributed by atoms with Gasteiger partial charge in [0, 0.05) is 26.2 Å². The number of aryl methyl sites for hydroxylation is 2. The van der Waals surface area contributed by atoms with Crippen molar-refractivity contribution in [1.29, 1.82) is 0 Å². The van der Waals surface area contributed by atoms with E-state index in [9.17, 15) is 4.79 Å². The summed E-state index contributed by atoms with van der Waals surface area (Å²) in [4.78, 5) is 21.0. The van der Waals surface area contributed by atoms with E-state index >= 15 is 0 Å². The van der Waals surface area contributed by atoms with Gasteiger partial charge < -0.3 is 9.88 Å². The molecule has 0 saturated heterocycles. The molecule has 3 aromatic rings. The van der Waals surface area contributed by atoms with Crippen LogP contribution in [0, 0.1) is 0 Å². The monoisotopic (exact) mass is 297 g/mol. The van der Waals surface area contributed by atoms with Crippen molar-refractivity contribution in [3.05, 3.63) is 29.8 Å². The molecule has 22 heavy (non-hydrogen) atoms. The van der Waals surface area contributed by atoms with E-state index in [0.717, 1.165) is 37.4 Å². The maximum atomic E-state index is 12.4. The Bertz CT molecular complexity index is 863. The van der Waals surface area contributed by atoms with Gasteiger partial charge >= 0.3 is 0 Å². The van der Waals surface area contributed by atoms with Crippen LogP contribution >= 0.6 is 0 Å². The minimum absolute atomic E-state index is 0.215. The van der Waals surface area contributed by atoms with Crippen LogP contribution in [0.1, 0.15) is 29.0 Å². The Kier molecular flexibility index (Phi) is 2.88. The highest BCUT2D eigenvalue weighted by atomic mass is 16.1. The van der Waals surface area contributed by atoms with Crippen LogP contribution in [0.5, 0.6) is 0 Å². The van der Waals surface area contributed by atoms with Gasteiger partial charge in [-0.25, -0.2) is 14.6 Å². The molecular weight excluding hydrogens is 282 g/mol. The predicted molar refractivity (Wildman–Crippen MR) is 79.4 cm³/mol. The summed E-state index contributed by atoms with van der Waals surface area (Å²) in [5, 5.41) is 10.8. The van der Waals surface area contributed by atoms with Gasteiger partial charge in [0.2, 0.25) is 0 Å². The van der Waals surface area contributed by atoms with Crippen LogP contribution in [0.2, 0.25) is 0 Å². The first-order valence-corrected chi connectivity index (χ1v) is 7.23. The molecule has 3 aromatic heterocycles. The quantitative estimate of drug-likeness (QED) is 0.766. The van der Waals surface area contributed by atoms with Gasteiger partial charge in [0.25, 0.3) is 5.91 Å². The average molecular weight is 297 g/mol. The van der Waals surface area contributed by atoms with Gasteiger partial charge in [-0.2, -0.15) is 0 Å². The highest BCUT2D eigenvalue weighted by Gasteiger charge is 2.17. The first-order chi connectivity index (χ1) is 10.7. The van der Waals surface area contributed by atoms with Crippen molar-refractivity contribution in [3.8, 4) is 0 Å². The fourth-order valence-electron chi connectivity index (χ4n) is 2.76. The maximum absolute atomic E-state index is 12.4. The Morgan fingerprint density at radius 1 is 1.27 bits per heavy atom. The molecule has 0 saturated carbocycles. The summed E-state index contributed by atoms with van der Waals surface area (Å²) in [5.74, 6) is 1.55. The molecule has 1 N–H and O–H groups in total. The number of carbonyl (C=O) groups is 1. The molecule has 4 rings (SSSR count). The lowest BCUT2D eigenvalue weighted by molar-refractivity contribution is 0.102. The highest BCUT2D eigenvalue weighted by Crippen LogP contribution is 2.20. The van der Waals surface area contributed by atoms with Gasteiger partial charge in [-0.15, -0.1) is 5.10 Å². The van der Waals surface area contributed by atoms with Crippen molar-refractivity contribution >= 4 is 22.9 Å². The number of nitrogens with zero attached hydrogens (tertiary/aromatic N) is 6. The van der Waals surface area contributed by atoms with E-state index in [-0.39, 0.29) is 5.91 Å². The Balaban J connectivity index is 1.62. The summed E-state index contributed by atoms with van der Waals surface area (Å²) >= 11 is 0. The van der Waals surface area contributed by atoms with Crippen LogP contribution in [-0.2, 0) is 20.0 Å². The highest BCUT2D eigenvalue weighted by molar-refractivity contribution is 6.04. The number of imidazole rings is 1. The fraction of sp³-hybridized carbons (Fsp3) is 0.357. The number of anilines is 1. The van der Waals surface area contributed by atoms with Crippen molar-refractivity contribution in [2.75, 3.05) is 5.32 Å². The zero-order valence-electron chi connectivity index (χ0n) is 12.2. The summed E-state index contributed by atoms with van der Waals surface area (Å²) in [6.07, 6.45) is 6.47. The van der Waals surface area contributed by atoms with E-state index < -0.39 is 0 Å². The van der Waals surface area contributed by atoms with Crippen LogP contribution < -0.4 is 5.32 Å². The van der Waals surface area contributed by atoms with Crippen molar-refractivity contribution in [1.82, 2.24) is 29.5 Å². The largest absolute Gasteiger partial charge is 0.315 e. The number of fused-ring (bicyclic) bond motifs is 2. The smallest absolute Gasteiger partial charge is 0.258 e. The van der Waals surface area contributed by atoms with Gasteiger partial charge in [0.15, 0.2) is 5.65 Å². The number of aromatic nitrogens is 6. The molecule has 112 valence electrons. The van der Waals surface area contributed by atoms with Crippen LogP contribution in [0.25, 0.3) is 11.2 Å². The number of hydrogen-bond acceptors (Lipinski definition) is 5. The molecular formula is C14H15N7O. The minimum Gasteiger partial charge on any atom is -0.315 e. The second-order valence-electron chi connectivity index (χ2n) is 5.40. The zero-order valence-corrected chi connectivity index (χ0v) is 12.2. The number of carbonyl (C=O) groups excluding carboxylic acids is 1. The number of amides is 1. The molecule has 8 heteroatoms. The van der Waals surface area contributed by atoms with E-state index in [2.05, 4.69) is 30.2 Å². The molecule has 8 nitrogen and oxygen atoms in total. The van der Waals surface area contributed by atoms with Crippen molar-refractivity contribution in [2.24, 2.45) is 7.05 Å². The van der Waals surface area contributed by atoms with E-state index in [1.807, 2.05) is 0 Å². The maximum Gasteiger partial charge on any atom is 0.258 e. The number of hydrogen-bond donors (Lipinski definition) is 1. The summed E-state index contributed by atoms with van der Waals surface area (Å²) in [7, 11) is 1.76. The van der Waals surface area contributed by atoms with Gasteiger partial charge in [0.1, 0.15) is 17.2 Å². The minimum atomic E-state index is -0.215. The lowest BCUT2D eigenvalue weighted by Gasteiger charge is -2.16. The average Bonchev–Trinajstić information content (AvgIpc) is 3.12. The van der Waals surface area contributed by atoms with Crippen molar-refractivity contribution < 1.29 is 4.79 Å². The van der Waals surface area contributed by atoms with Crippen LogP contribution in [-0.4, -0.2) is 35.4 Å². The third-order valence-electron chi connectivity index (χ3n) is 3.91. The number of pyridine rings is 1. The Labute approximate surface area is 126 Å². The van der Waals surface area contributed by atoms with Crippen molar-refractivity contribution in [3.63, 3.8) is 0 Å². The molecule has 0 bridgehead atoms. The van der Waals surface area contributed by atoms with Gasteiger partial charge in [-0.1, -0.05) is 5.21 Å². The molecule has 0 spiro atoms. The molecule has 0 atom stereocenters. The van der Waals surface area contributed by atoms with E-state index in [4.69, 9.17) is 0 Å². The van der Waals surface area contributed by atoms with Crippen LogP contribution in [0.4, 0.5) is 5.82 Å². The molecule has 1 amide bonds. The Morgan fingerprint density at radius 2 is 2.18 bits per heavy atom. The van der Waals surface area contributed by atoms with E-state index in [0.29, 0.717) is 16.7 Å². The van der Waals surface area contributed by atoms with E-state index in [1.165, 1.54) is 6.20 Å². The number of nitrogens with one attached hydrogen (secondary N) is 1. The first-order valence-electron chi connectivity index (χ1n) is 7.23. The molecule has 4 heterocycles. The topological polar surface area (TPSA) is 90.5 Å². The van der Waals surface area contributed by atoms with Crippen LogP contribution in [0.3, 0.4) is 0 Å². The predicted octanol–water partition coefficient (Wildman–Crippen LogP) is 1.15. The second-order valence-corrected chi connectivity index (χ2v) is 5.40. The molecule has 0 aromatic carbocycles. The zero-order chi connectivity index (χ0) is 15.1. The first kappa shape index (κ1) is 12.9. The van der Waals surface area contributed by atoms with Crippen molar-refractivity contribution in [2.45, 2.75) is 25.8 Å². The number of rotatable bonds is 2. The lowest BCUT2D eigenvalue weighted by Crippen LogP contribution is -2.18. The SMILES string of the molecule is Cn1nnc2cc(C(=O)Nc3cnc4n3CCCC4)cnc21. The van der Waals surface area contributed by atoms with Gasteiger partial charge in [0.05, 0.1) is 11.8 Å². The van der Waals surface area contributed by atoms with Gasteiger partial charge in [-0.05, 0) is 18.9 Å². The second kappa shape index (κ2) is 4.90. The Morgan fingerprint density at radius 3 is 3.09 bits per heavy atom. The van der Waals surface area contributed by atoms with Gasteiger partial charge in [-0.3, -0.25) is 4.79 Å². The standard InChI is InChI=1S/C14H15N7O/c1-20-13-10(18-19-20)6-9(7-16-13)14(22)17-12-8-15-11-4-2-3-5-21(11)12/h6-8H,2-5H2,1H3,(H,17,22). The lowest BCUT2D eigenvalue weighted by atomic mass is 10.2. The molecule has 0 fully saturated rings. The molecule has 0 radical (unpaired) electrons. The van der Waals surface area contributed by atoms with Crippen LogP contribution in [0.15, 0.2) is 18.5 Å². The summed E-state index contributed by atoms with van der Waals surface area (Å²) in [5.41, 5.74) is 1.71. The third kappa shape index (κ3) is 2.03. The summed E-state index contributed by atoms with van der Waals surface area (Å²) in [6.45, 7) is 0.895. The Hall–Kier alpha value is -2.77. The summed E-state index contributed by atoms with van der Waals surface area (Å²) < 4.78 is 3.64. The molecule has 0 unspecified atom stereocenters.